The molecule has 0 aromatic carbocycles. The minimum Gasteiger partial charge on any atom is -0.381 e. The fourth-order valence-corrected chi connectivity index (χ4v) is 0.612. The number of alkyl halides is 1. The summed E-state index contributed by atoms with van der Waals surface area (Å²) in [5.74, 6) is 0.362. The molecule has 66 valence electrons. The number of hydrogen-bond acceptors (Lipinski definition) is 1. The van der Waals surface area contributed by atoms with Crippen molar-refractivity contribution in [3.63, 3.8) is 0 Å². The molecule has 0 unspecified atom stereocenters. The van der Waals surface area contributed by atoms with Gasteiger partial charge in [-0.3, -0.25) is 0 Å². The zero-order valence-electron chi connectivity index (χ0n) is 7.87. The van der Waals surface area contributed by atoms with Crippen LogP contribution in [-0.2, 0) is 0 Å². The number of rotatable bonds is 4. The Balaban J connectivity index is 3.94. The molecule has 0 radical (unpaired) electrons. The van der Waals surface area contributed by atoms with Crippen LogP contribution in [0.5, 0.6) is 0 Å². The minimum atomic E-state index is -0.471. The Bertz CT molecular complexity index is 138. The molecule has 0 heterocycles. The summed E-state index contributed by atoms with van der Waals surface area (Å²) in [6, 6.07) is 0. The first-order valence-electron chi connectivity index (χ1n) is 3.92. The van der Waals surface area contributed by atoms with Gasteiger partial charge in [-0.05, 0) is 19.8 Å². The van der Waals surface area contributed by atoms with E-state index in [1.807, 2.05) is 27.7 Å². The highest BCUT2D eigenvalue weighted by atomic mass is 19.1. The number of allylic oxidation sites excluding steroid dienone is 1. The molecule has 0 rings (SSSR count). The lowest BCUT2D eigenvalue weighted by Gasteiger charge is -2.26. The van der Waals surface area contributed by atoms with Crippen molar-refractivity contribution in [2.45, 2.75) is 33.2 Å². The Morgan fingerprint density at radius 1 is 1.55 bits per heavy atom. The molecule has 0 atom stereocenters. The second-order valence-electron chi connectivity index (χ2n) is 3.82. The highest BCUT2D eigenvalue weighted by Gasteiger charge is 2.17. The zero-order chi connectivity index (χ0) is 9.07. The van der Waals surface area contributed by atoms with E-state index in [-0.39, 0.29) is 6.67 Å². The third kappa shape index (κ3) is 4.02. The van der Waals surface area contributed by atoms with Gasteiger partial charge in [0.1, 0.15) is 6.67 Å². The molecular formula is C9H18FN. The van der Waals surface area contributed by atoms with Crippen molar-refractivity contribution in [2.75, 3.05) is 6.67 Å². The first-order valence-corrected chi connectivity index (χ1v) is 3.92. The van der Waals surface area contributed by atoms with Crippen molar-refractivity contribution >= 4 is 0 Å². The Morgan fingerprint density at radius 3 is 2.27 bits per heavy atom. The molecule has 1 nitrogen and oxygen atoms in total. The predicted octanol–water partition coefficient (Wildman–Crippen LogP) is 2.49. The summed E-state index contributed by atoms with van der Waals surface area (Å²) in [5.41, 5.74) is 0.425. The van der Waals surface area contributed by atoms with E-state index < -0.39 is 5.54 Å². The zero-order valence-corrected chi connectivity index (χ0v) is 7.87. The topological polar surface area (TPSA) is 12.0 Å². The third-order valence-corrected chi connectivity index (χ3v) is 1.53. The van der Waals surface area contributed by atoms with Crippen LogP contribution in [0.3, 0.4) is 0 Å². The molecule has 2 heteroatoms. The molecule has 0 spiro atoms. The van der Waals surface area contributed by atoms with Crippen molar-refractivity contribution in [1.29, 1.82) is 0 Å². The molecule has 0 bridgehead atoms. The van der Waals surface area contributed by atoms with Crippen LogP contribution in [0.15, 0.2) is 12.3 Å². The van der Waals surface area contributed by atoms with Crippen molar-refractivity contribution in [2.24, 2.45) is 5.92 Å². The molecule has 11 heavy (non-hydrogen) atoms. The fourth-order valence-electron chi connectivity index (χ4n) is 0.612. The van der Waals surface area contributed by atoms with Crippen LogP contribution in [0.25, 0.3) is 0 Å². The molecule has 0 saturated carbocycles. The number of halogens is 1. The van der Waals surface area contributed by atoms with Gasteiger partial charge < -0.3 is 5.32 Å². The molecule has 0 aromatic heterocycles. The summed E-state index contributed by atoms with van der Waals surface area (Å²) in [4.78, 5) is 0. The smallest absolute Gasteiger partial charge is 0.112 e. The van der Waals surface area contributed by atoms with Gasteiger partial charge in [-0.1, -0.05) is 20.4 Å². The van der Waals surface area contributed by atoms with Crippen LogP contribution in [0.2, 0.25) is 0 Å². The normalized spacial score (nSPS) is 11.8. The molecule has 0 amide bonds. The summed E-state index contributed by atoms with van der Waals surface area (Å²) in [6.07, 6.45) is 0. The van der Waals surface area contributed by atoms with Crippen LogP contribution < -0.4 is 5.32 Å². The summed E-state index contributed by atoms with van der Waals surface area (Å²) in [5, 5.41) is 3.04. The number of hydrogen-bond donors (Lipinski definition) is 1. The quantitative estimate of drug-likeness (QED) is 0.664. The maximum absolute atomic E-state index is 12.3. The van der Waals surface area contributed by atoms with Gasteiger partial charge in [-0.15, -0.1) is 0 Å². The third-order valence-electron chi connectivity index (χ3n) is 1.53. The Hall–Kier alpha value is -0.530. The second-order valence-corrected chi connectivity index (χ2v) is 3.82. The summed E-state index contributed by atoms with van der Waals surface area (Å²) in [6.45, 7) is 11.1. The molecule has 0 aliphatic heterocycles. The lowest BCUT2D eigenvalue weighted by atomic mass is 10.0. The van der Waals surface area contributed by atoms with E-state index in [9.17, 15) is 4.39 Å². The van der Waals surface area contributed by atoms with E-state index in [2.05, 4.69) is 11.9 Å². The van der Waals surface area contributed by atoms with Crippen molar-refractivity contribution in [3.05, 3.63) is 12.3 Å². The lowest BCUT2D eigenvalue weighted by Crippen LogP contribution is -2.41. The molecular weight excluding hydrogens is 141 g/mol. The van der Waals surface area contributed by atoms with Crippen molar-refractivity contribution < 1.29 is 4.39 Å². The Kier molecular flexibility index (Phi) is 3.56. The van der Waals surface area contributed by atoms with Gasteiger partial charge in [0.15, 0.2) is 0 Å². The fraction of sp³-hybridized carbons (Fsp3) is 0.778. The van der Waals surface area contributed by atoms with Crippen LogP contribution in [0.4, 0.5) is 4.39 Å². The first-order chi connectivity index (χ1) is 4.89. The molecule has 1 N–H and O–H groups in total. The van der Waals surface area contributed by atoms with Gasteiger partial charge in [-0.25, -0.2) is 4.39 Å². The molecule has 0 aliphatic rings. The average Bonchev–Trinajstić information content (AvgIpc) is 1.87. The van der Waals surface area contributed by atoms with Crippen LogP contribution in [0, 0.1) is 5.92 Å². The van der Waals surface area contributed by atoms with E-state index in [4.69, 9.17) is 0 Å². The van der Waals surface area contributed by atoms with E-state index >= 15 is 0 Å². The highest BCUT2D eigenvalue weighted by Crippen LogP contribution is 2.10. The molecule has 0 aromatic rings. The van der Waals surface area contributed by atoms with Crippen LogP contribution >= 0.6 is 0 Å². The van der Waals surface area contributed by atoms with E-state index in [0.29, 0.717) is 5.92 Å². The highest BCUT2D eigenvalue weighted by molar-refractivity contribution is 4.99. The van der Waals surface area contributed by atoms with Gasteiger partial charge in [0.2, 0.25) is 0 Å². The molecule has 0 saturated heterocycles. The van der Waals surface area contributed by atoms with Crippen molar-refractivity contribution in [1.82, 2.24) is 5.32 Å². The summed E-state index contributed by atoms with van der Waals surface area (Å²) < 4.78 is 12.3. The van der Waals surface area contributed by atoms with Gasteiger partial charge >= 0.3 is 0 Å². The maximum atomic E-state index is 12.3. The van der Waals surface area contributed by atoms with Gasteiger partial charge in [0, 0.05) is 5.70 Å². The van der Waals surface area contributed by atoms with Gasteiger partial charge in [-0.2, -0.15) is 0 Å². The maximum Gasteiger partial charge on any atom is 0.112 e. The Labute approximate surface area is 68.7 Å². The van der Waals surface area contributed by atoms with E-state index in [1.165, 1.54) is 0 Å². The summed E-state index contributed by atoms with van der Waals surface area (Å²) in [7, 11) is 0. The summed E-state index contributed by atoms with van der Waals surface area (Å²) >= 11 is 0. The second kappa shape index (κ2) is 3.74. The van der Waals surface area contributed by atoms with Crippen LogP contribution in [0.1, 0.15) is 27.7 Å². The van der Waals surface area contributed by atoms with Crippen LogP contribution in [-0.4, -0.2) is 12.2 Å². The lowest BCUT2D eigenvalue weighted by molar-refractivity contribution is 0.301. The SMILES string of the molecule is C=C(NC(C)(C)CF)C(C)C. The minimum absolute atomic E-state index is 0.362. The monoisotopic (exact) mass is 159 g/mol. The largest absolute Gasteiger partial charge is 0.381 e. The van der Waals surface area contributed by atoms with Crippen molar-refractivity contribution in [3.8, 4) is 0 Å². The van der Waals surface area contributed by atoms with E-state index in [0.717, 1.165) is 5.70 Å². The average molecular weight is 159 g/mol. The van der Waals surface area contributed by atoms with Gasteiger partial charge in [0.05, 0.1) is 5.54 Å². The number of nitrogens with one attached hydrogen (secondary N) is 1. The van der Waals surface area contributed by atoms with Gasteiger partial charge in [0.25, 0.3) is 0 Å². The molecule has 0 aliphatic carbocycles. The molecule has 0 fully saturated rings. The first kappa shape index (κ1) is 10.5. The standard InChI is InChI=1S/C9H18FN/c1-7(2)8(3)11-9(4,5)6-10/h7,11H,3,6H2,1-2,4-5H3. The van der Waals surface area contributed by atoms with E-state index in [1.54, 1.807) is 0 Å². The Morgan fingerprint density at radius 2 is 2.00 bits per heavy atom. The predicted molar refractivity (Wildman–Crippen MR) is 47.2 cm³/mol.